The second kappa shape index (κ2) is 8.64. The van der Waals surface area contributed by atoms with E-state index in [0.29, 0.717) is 24.2 Å². The molecule has 3 aromatic carbocycles. The van der Waals surface area contributed by atoms with E-state index in [2.05, 4.69) is 4.90 Å². The van der Waals surface area contributed by atoms with E-state index in [1.807, 2.05) is 42.5 Å². The smallest absolute Gasteiger partial charge is 0.254 e. The van der Waals surface area contributed by atoms with E-state index < -0.39 is 6.10 Å². The average molecular weight is 433 g/mol. The van der Waals surface area contributed by atoms with Gasteiger partial charge in [0.1, 0.15) is 5.82 Å². The number of aryl methyl sites for hydroxylation is 1. The number of carbonyl (C=O) groups excluding carboxylic acids is 1. The minimum absolute atomic E-state index is 0.0323. The van der Waals surface area contributed by atoms with Crippen LogP contribution in [-0.2, 0) is 0 Å². The number of benzene rings is 3. The first kappa shape index (κ1) is 21.1. The molecule has 2 aliphatic rings. The Bertz CT molecular complexity index is 1160. The molecule has 0 aromatic heterocycles. The summed E-state index contributed by atoms with van der Waals surface area (Å²) in [7, 11) is 0. The van der Waals surface area contributed by atoms with Crippen LogP contribution in [0.4, 0.5) is 4.39 Å². The normalized spacial score (nSPS) is 21.9. The SMILES string of the molecule is Cc1ccc(-c2ccc3cc(C(=O)N4C[C@H](O)[C@@H](N5CCCCC5)C4)ccc3c2)cc1F. The summed E-state index contributed by atoms with van der Waals surface area (Å²) in [6.45, 7) is 4.73. The van der Waals surface area contributed by atoms with E-state index in [0.717, 1.165) is 35.0 Å². The fourth-order valence-electron chi connectivity index (χ4n) is 5.06. The lowest BCUT2D eigenvalue weighted by Crippen LogP contribution is -2.46. The van der Waals surface area contributed by atoms with Crippen LogP contribution in [0, 0.1) is 12.7 Å². The Morgan fingerprint density at radius 3 is 2.38 bits per heavy atom. The number of hydrogen-bond donors (Lipinski definition) is 1. The molecule has 1 amide bonds. The number of piperidine rings is 1. The maximum Gasteiger partial charge on any atom is 0.254 e. The molecule has 32 heavy (non-hydrogen) atoms. The highest BCUT2D eigenvalue weighted by Gasteiger charge is 2.38. The lowest BCUT2D eigenvalue weighted by Gasteiger charge is -2.33. The van der Waals surface area contributed by atoms with E-state index in [-0.39, 0.29) is 17.8 Å². The van der Waals surface area contributed by atoms with Crippen molar-refractivity contribution >= 4 is 16.7 Å². The van der Waals surface area contributed by atoms with Crippen molar-refractivity contribution in [2.24, 2.45) is 0 Å². The van der Waals surface area contributed by atoms with Crippen LogP contribution in [0.25, 0.3) is 21.9 Å². The number of halogens is 1. The number of fused-ring (bicyclic) bond motifs is 1. The van der Waals surface area contributed by atoms with Crippen LogP contribution in [0.5, 0.6) is 0 Å². The second-order valence-corrected chi connectivity index (χ2v) is 9.18. The summed E-state index contributed by atoms with van der Waals surface area (Å²) >= 11 is 0. The zero-order valence-corrected chi connectivity index (χ0v) is 18.4. The van der Waals surface area contributed by atoms with Gasteiger partial charge in [-0.05, 0) is 84.6 Å². The molecular formula is C27H29FN2O2. The number of β-amino-alcohol motifs (C(OH)–C–C–N with tert-alkyl or cyclic N) is 1. The number of nitrogens with zero attached hydrogens (tertiary/aromatic N) is 2. The third-order valence-corrected chi connectivity index (χ3v) is 7.00. The molecule has 166 valence electrons. The van der Waals surface area contributed by atoms with Crippen LogP contribution in [0.2, 0.25) is 0 Å². The highest BCUT2D eigenvalue weighted by Crippen LogP contribution is 2.28. The van der Waals surface area contributed by atoms with E-state index in [9.17, 15) is 14.3 Å². The summed E-state index contributed by atoms with van der Waals surface area (Å²) in [5.41, 5.74) is 3.05. The van der Waals surface area contributed by atoms with E-state index in [1.165, 1.54) is 19.3 Å². The van der Waals surface area contributed by atoms with Crippen molar-refractivity contribution < 1.29 is 14.3 Å². The van der Waals surface area contributed by atoms with Crippen LogP contribution < -0.4 is 0 Å². The minimum Gasteiger partial charge on any atom is -0.390 e. The first-order chi connectivity index (χ1) is 15.5. The highest BCUT2D eigenvalue weighted by molar-refractivity contribution is 5.99. The fraction of sp³-hybridized carbons (Fsp3) is 0.370. The van der Waals surface area contributed by atoms with Crippen molar-refractivity contribution in [3.05, 3.63) is 71.5 Å². The van der Waals surface area contributed by atoms with Crippen molar-refractivity contribution in [1.29, 1.82) is 0 Å². The molecule has 0 radical (unpaired) electrons. The predicted octanol–water partition coefficient (Wildman–Crippen LogP) is 4.63. The van der Waals surface area contributed by atoms with Gasteiger partial charge in [0, 0.05) is 18.7 Å². The van der Waals surface area contributed by atoms with Crippen molar-refractivity contribution in [1.82, 2.24) is 9.80 Å². The molecule has 0 spiro atoms. The minimum atomic E-state index is -0.491. The summed E-state index contributed by atoms with van der Waals surface area (Å²) in [6, 6.07) is 17.0. The Hall–Kier alpha value is -2.76. The van der Waals surface area contributed by atoms with Gasteiger partial charge in [-0.3, -0.25) is 9.69 Å². The van der Waals surface area contributed by atoms with E-state index >= 15 is 0 Å². The Kier molecular flexibility index (Phi) is 5.70. The van der Waals surface area contributed by atoms with Crippen LogP contribution >= 0.6 is 0 Å². The third-order valence-electron chi connectivity index (χ3n) is 7.00. The number of aliphatic hydroxyl groups is 1. The van der Waals surface area contributed by atoms with Gasteiger partial charge < -0.3 is 10.0 Å². The summed E-state index contributed by atoms with van der Waals surface area (Å²) in [6.07, 6.45) is 3.09. The third kappa shape index (κ3) is 4.03. The monoisotopic (exact) mass is 432 g/mol. The van der Waals surface area contributed by atoms with Crippen molar-refractivity contribution in [2.45, 2.75) is 38.3 Å². The molecule has 0 unspecified atom stereocenters. The molecule has 3 aromatic rings. The first-order valence-corrected chi connectivity index (χ1v) is 11.5. The lowest BCUT2D eigenvalue weighted by atomic mass is 9.99. The number of aliphatic hydroxyl groups excluding tert-OH is 1. The second-order valence-electron chi connectivity index (χ2n) is 9.18. The van der Waals surface area contributed by atoms with Gasteiger partial charge in [0.25, 0.3) is 5.91 Å². The van der Waals surface area contributed by atoms with Gasteiger partial charge >= 0.3 is 0 Å². The molecule has 0 saturated carbocycles. The molecule has 1 N–H and O–H groups in total. The fourth-order valence-corrected chi connectivity index (χ4v) is 5.06. The van der Waals surface area contributed by atoms with Gasteiger partial charge in [-0.25, -0.2) is 4.39 Å². The highest BCUT2D eigenvalue weighted by atomic mass is 19.1. The van der Waals surface area contributed by atoms with Crippen LogP contribution in [0.15, 0.2) is 54.6 Å². The molecule has 5 heteroatoms. The molecule has 2 atom stereocenters. The van der Waals surface area contributed by atoms with Crippen molar-refractivity contribution in [3.63, 3.8) is 0 Å². The number of likely N-dealkylation sites (tertiary alicyclic amines) is 2. The van der Waals surface area contributed by atoms with Gasteiger partial charge in [0.15, 0.2) is 0 Å². The quantitative estimate of drug-likeness (QED) is 0.657. The first-order valence-electron chi connectivity index (χ1n) is 11.5. The predicted molar refractivity (Wildman–Crippen MR) is 125 cm³/mol. The van der Waals surface area contributed by atoms with Gasteiger partial charge in [-0.2, -0.15) is 0 Å². The topological polar surface area (TPSA) is 43.8 Å². The number of carbonyl (C=O) groups is 1. The Morgan fingerprint density at radius 2 is 1.59 bits per heavy atom. The zero-order chi connectivity index (χ0) is 22.2. The lowest BCUT2D eigenvalue weighted by molar-refractivity contribution is 0.0703. The Labute approximate surface area is 188 Å². The standard InChI is InChI=1S/C27H29FN2O2/c1-18-5-6-22(15-24(18)28)20-7-8-21-14-23(10-9-19(21)13-20)27(32)30-16-25(26(31)17-30)29-11-3-2-4-12-29/h5-10,13-15,25-26,31H,2-4,11-12,16-17H2,1H3/t25-,26-/m0/s1. The molecule has 5 rings (SSSR count). The van der Waals surface area contributed by atoms with Gasteiger partial charge in [-0.1, -0.05) is 36.8 Å². The molecular weight excluding hydrogens is 403 g/mol. The number of amides is 1. The molecule has 2 aliphatic heterocycles. The molecule has 2 saturated heterocycles. The summed E-state index contributed by atoms with van der Waals surface area (Å²) in [4.78, 5) is 17.3. The van der Waals surface area contributed by atoms with Crippen molar-refractivity contribution in [3.8, 4) is 11.1 Å². The van der Waals surface area contributed by atoms with Crippen LogP contribution in [0.3, 0.4) is 0 Å². The van der Waals surface area contributed by atoms with Crippen LogP contribution in [-0.4, -0.2) is 59.1 Å². The molecule has 0 aliphatic carbocycles. The summed E-state index contributed by atoms with van der Waals surface area (Å²) < 4.78 is 14.0. The molecule has 2 heterocycles. The molecule has 0 bridgehead atoms. The zero-order valence-electron chi connectivity index (χ0n) is 18.4. The van der Waals surface area contributed by atoms with Crippen LogP contribution in [0.1, 0.15) is 35.2 Å². The van der Waals surface area contributed by atoms with Gasteiger partial charge in [0.2, 0.25) is 0 Å². The van der Waals surface area contributed by atoms with E-state index in [4.69, 9.17) is 0 Å². The maximum atomic E-state index is 14.0. The Morgan fingerprint density at radius 1 is 0.906 bits per heavy atom. The maximum absolute atomic E-state index is 14.0. The van der Waals surface area contributed by atoms with Crippen molar-refractivity contribution in [2.75, 3.05) is 26.2 Å². The number of rotatable bonds is 3. The van der Waals surface area contributed by atoms with Gasteiger partial charge in [0.05, 0.1) is 12.1 Å². The number of hydrogen-bond acceptors (Lipinski definition) is 3. The summed E-state index contributed by atoms with van der Waals surface area (Å²) in [5.74, 6) is -0.241. The average Bonchev–Trinajstić information content (AvgIpc) is 3.22. The summed E-state index contributed by atoms with van der Waals surface area (Å²) in [5, 5.41) is 12.6. The molecule has 2 fully saturated rings. The Balaban J connectivity index is 1.35. The van der Waals surface area contributed by atoms with E-state index in [1.54, 1.807) is 24.0 Å². The largest absolute Gasteiger partial charge is 0.390 e. The molecule has 4 nitrogen and oxygen atoms in total. The van der Waals surface area contributed by atoms with Gasteiger partial charge in [-0.15, -0.1) is 0 Å².